The Bertz CT molecular complexity index is 1050. The summed E-state index contributed by atoms with van der Waals surface area (Å²) in [5.74, 6) is -0.924. The van der Waals surface area contributed by atoms with E-state index >= 15 is 0 Å². The molecule has 2 aromatic heterocycles. The number of hydrogen-bond acceptors (Lipinski definition) is 4. The number of benzene rings is 1. The fourth-order valence-electron chi connectivity index (χ4n) is 3.77. The lowest BCUT2D eigenvalue weighted by Gasteiger charge is -2.32. The average molecular weight is 377 g/mol. The second-order valence-electron chi connectivity index (χ2n) is 7.14. The molecule has 1 amide bonds. The molecule has 0 spiro atoms. The summed E-state index contributed by atoms with van der Waals surface area (Å²) in [5, 5.41) is 0.494. The maximum atomic E-state index is 13.8. The molecule has 6 heteroatoms. The van der Waals surface area contributed by atoms with Gasteiger partial charge >= 0.3 is 0 Å². The first kappa shape index (κ1) is 18.2. The number of aromatic nitrogens is 2. The van der Waals surface area contributed by atoms with Crippen LogP contribution in [-0.2, 0) is 0 Å². The lowest BCUT2D eigenvalue weighted by molar-refractivity contribution is 0.0637. The lowest BCUT2D eigenvalue weighted by atomic mass is 9.91. The second kappa shape index (κ2) is 7.46. The van der Waals surface area contributed by atoms with E-state index < -0.39 is 5.82 Å². The SMILES string of the molecule is Cc1cc(C(=O)N2CCCC(C(=O)c3ccccn3)C2)c2cc(F)ccc2n1. The molecule has 4 rings (SSSR count). The quantitative estimate of drug-likeness (QED) is 0.651. The number of rotatable bonds is 3. The Balaban J connectivity index is 1.63. The molecule has 0 N–H and O–H groups in total. The number of piperidine rings is 1. The molecule has 5 nitrogen and oxygen atoms in total. The van der Waals surface area contributed by atoms with Crippen LogP contribution >= 0.6 is 0 Å². The monoisotopic (exact) mass is 377 g/mol. The van der Waals surface area contributed by atoms with Crippen molar-refractivity contribution in [2.45, 2.75) is 19.8 Å². The van der Waals surface area contributed by atoms with Gasteiger partial charge in [0.1, 0.15) is 11.5 Å². The number of amides is 1. The number of pyridine rings is 2. The Hall–Kier alpha value is -3.15. The topological polar surface area (TPSA) is 63.2 Å². The first-order chi connectivity index (χ1) is 13.5. The fraction of sp³-hybridized carbons (Fsp3) is 0.273. The number of carbonyl (C=O) groups excluding carboxylic acids is 2. The fourth-order valence-corrected chi connectivity index (χ4v) is 3.77. The summed E-state index contributed by atoms with van der Waals surface area (Å²) in [5.41, 5.74) is 2.13. The molecule has 1 aromatic carbocycles. The first-order valence-electron chi connectivity index (χ1n) is 9.34. The smallest absolute Gasteiger partial charge is 0.254 e. The van der Waals surface area contributed by atoms with Crippen LogP contribution in [0.25, 0.3) is 10.9 Å². The minimum absolute atomic E-state index is 0.0417. The number of ketones is 1. The van der Waals surface area contributed by atoms with Crippen LogP contribution in [0.3, 0.4) is 0 Å². The zero-order chi connectivity index (χ0) is 19.7. The van der Waals surface area contributed by atoms with E-state index in [9.17, 15) is 14.0 Å². The summed E-state index contributed by atoms with van der Waals surface area (Å²) in [6.07, 6.45) is 3.06. The normalized spacial score (nSPS) is 16.9. The van der Waals surface area contributed by atoms with Gasteiger partial charge in [0, 0.05) is 36.3 Å². The highest BCUT2D eigenvalue weighted by molar-refractivity contribution is 6.06. The molecule has 3 heterocycles. The predicted octanol–water partition coefficient (Wildman–Crippen LogP) is 3.81. The summed E-state index contributed by atoms with van der Waals surface area (Å²) < 4.78 is 13.8. The number of fused-ring (bicyclic) bond motifs is 1. The van der Waals surface area contributed by atoms with Crippen LogP contribution < -0.4 is 0 Å². The van der Waals surface area contributed by atoms with Gasteiger partial charge in [-0.05, 0) is 56.2 Å². The van der Waals surface area contributed by atoms with Crippen molar-refractivity contribution in [1.29, 1.82) is 0 Å². The summed E-state index contributed by atoms with van der Waals surface area (Å²) in [4.78, 5) is 36.2. The van der Waals surface area contributed by atoms with Crippen molar-refractivity contribution >= 4 is 22.6 Å². The van der Waals surface area contributed by atoms with Crippen LogP contribution in [0.1, 0.15) is 39.4 Å². The van der Waals surface area contributed by atoms with Gasteiger partial charge in [-0.15, -0.1) is 0 Å². The largest absolute Gasteiger partial charge is 0.338 e. The van der Waals surface area contributed by atoms with Gasteiger partial charge in [0.2, 0.25) is 0 Å². The van der Waals surface area contributed by atoms with E-state index in [1.54, 1.807) is 41.4 Å². The third-order valence-corrected chi connectivity index (χ3v) is 5.13. The molecule has 3 aromatic rings. The van der Waals surface area contributed by atoms with E-state index in [0.717, 1.165) is 12.8 Å². The Morgan fingerprint density at radius 1 is 1.18 bits per heavy atom. The number of carbonyl (C=O) groups is 2. The summed E-state index contributed by atoms with van der Waals surface area (Å²) in [7, 11) is 0. The van der Waals surface area contributed by atoms with Gasteiger partial charge in [0.15, 0.2) is 5.78 Å². The van der Waals surface area contributed by atoms with Crippen LogP contribution in [0.5, 0.6) is 0 Å². The van der Waals surface area contributed by atoms with Crippen LogP contribution in [0.4, 0.5) is 4.39 Å². The average Bonchev–Trinajstić information content (AvgIpc) is 2.73. The molecule has 1 aliphatic heterocycles. The zero-order valence-corrected chi connectivity index (χ0v) is 15.6. The second-order valence-corrected chi connectivity index (χ2v) is 7.14. The Morgan fingerprint density at radius 2 is 2.04 bits per heavy atom. The molecular weight excluding hydrogens is 357 g/mol. The Kier molecular flexibility index (Phi) is 4.86. The zero-order valence-electron chi connectivity index (χ0n) is 15.6. The Labute approximate surface area is 162 Å². The van der Waals surface area contributed by atoms with Crippen molar-refractivity contribution in [3.8, 4) is 0 Å². The minimum Gasteiger partial charge on any atom is -0.338 e. The highest BCUT2D eigenvalue weighted by atomic mass is 19.1. The van der Waals surface area contributed by atoms with E-state index in [4.69, 9.17) is 0 Å². The number of likely N-dealkylation sites (tertiary alicyclic amines) is 1. The molecule has 142 valence electrons. The maximum absolute atomic E-state index is 13.8. The van der Waals surface area contributed by atoms with Crippen LogP contribution in [0, 0.1) is 18.7 Å². The molecular formula is C22H20FN3O2. The third-order valence-electron chi connectivity index (χ3n) is 5.13. The molecule has 1 aliphatic rings. The van der Waals surface area contributed by atoms with Crippen LogP contribution in [0.2, 0.25) is 0 Å². The number of halogens is 1. The van der Waals surface area contributed by atoms with Crippen LogP contribution in [0.15, 0.2) is 48.7 Å². The van der Waals surface area contributed by atoms with Gasteiger partial charge < -0.3 is 4.90 Å². The minimum atomic E-state index is -0.408. The van der Waals surface area contributed by atoms with Gasteiger partial charge in [0.05, 0.1) is 11.1 Å². The van der Waals surface area contributed by atoms with Gasteiger partial charge in [-0.3, -0.25) is 19.6 Å². The molecule has 0 saturated carbocycles. The standard InChI is InChI=1S/C22H20FN3O2/c1-14-11-18(17-12-16(23)7-8-19(17)25-14)22(28)26-10-4-5-15(13-26)21(27)20-6-2-3-9-24-20/h2-3,6-9,11-12,15H,4-5,10,13H2,1H3. The molecule has 28 heavy (non-hydrogen) atoms. The van der Waals surface area contributed by atoms with Gasteiger partial charge in [-0.1, -0.05) is 6.07 Å². The van der Waals surface area contributed by atoms with E-state index in [-0.39, 0.29) is 17.6 Å². The van der Waals surface area contributed by atoms with Gasteiger partial charge in [0.25, 0.3) is 5.91 Å². The number of aryl methyl sites for hydroxylation is 1. The molecule has 1 fully saturated rings. The van der Waals surface area contributed by atoms with Crippen molar-refractivity contribution in [1.82, 2.24) is 14.9 Å². The van der Waals surface area contributed by atoms with Crippen LogP contribution in [-0.4, -0.2) is 39.6 Å². The molecule has 1 saturated heterocycles. The van der Waals surface area contributed by atoms with Crippen molar-refractivity contribution < 1.29 is 14.0 Å². The summed E-state index contributed by atoms with van der Waals surface area (Å²) in [6, 6.07) is 11.2. The summed E-state index contributed by atoms with van der Waals surface area (Å²) >= 11 is 0. The highest BCUT2D eigenvalue weighted by Gasteiger charge is 2.30. The van der Waals surface area contributed by atoms with E-state index in [2.05, 4.69) is 9.97 Å². The Morgan fingerprint density at radius 3 is 2.82 bits per heavy atom. The third kappa shape index (κ3) is 3.50. The number of Topliss-reactive ketones (excluding diaryl/α,β-unsaturated/α-hetero) is 1. The highest BCUT2D eigenvalue weighted by Crippen LogP contribution is 2.25. The first-order valence-corrected chi connectivity index (χ1v) is 9.34. The summed E-state index contributed by atoms with van der Waals surface area (Å²) in [6.45, 7) is 2.72. The van der Waals surface area contributed by atoms with Crippen molar-refractivity contribution in [3.63, 3.8) is 0 Å². The molecule has 0 bridgehead atoms. The van der Waals surface area contributed by atoms with E-state index in [1.165, 1.54) is 12.1 Å². The van der Waals surface area contributed by atoms with Gasteiger partial charge in [-0.25, -0.2) is 4.39 Å². The van der Waals surface area contributed by atoms with Crippen molar-refractivity contribution in [2.75, 3.05) is 13.1 Å². The number of nitrogens with zero attached hydrogens (tertiary/aromatic N) is 3. The molecule has 1 atom stereocenters. The van der Waals surface area contributed by atoms with Crippen molar-refractivity contribution in [3.05, 3.63) is 71.4 Å². The van der Waals surface area contributed by atoms with Crippen molar-refractivity contribution in [2.24, 2.45) is 5.92 Å². The molecule has 0 aliphatic carbocycles. The predicted molar refractivity (Wildman–Crippen MR) is 104 cm³/mol. The van der Waals surface area contributed by atoms with E-state index in [0.29, 0.717) is 40.9 Å². The molecule has 1 unspecified atom stereocenters. The lowest BCUT2D eigenvalue weighted by Crippen LogP contribution is -2.42. The number of hydrogen-bond donors (Lipinski definition) is 0. The van der Waals surface area contributed by atoms with E-state index in [1.807, 2.05) is 6.92 Å². The molecule has 0 radical (unpaired) electrons. The maximum Gasteiger partial charge on any atom is 0.254 e. The van der Waals surface area contributed by atoms with Gasteiger partial charge in [-0.2, -0.15) is 0 Å².